The smallest absolute Gasteiger partial charge is 0.227 e. The molecule has 1 fully saturated rings. The third-order valence-electron chi connectivity index (χ3n) is 4.90. The van der Waals surface area contributed by atoms with E-state index >= 15 is 4.39 Å². The largest absolute Gasteiger partial charge is 0.382 e. The lowest BCUT2D eigenvalue weighted by Gasteiger charge is -2.29. The number of methoxy groups -OCH3 is 1. The zero-order valence-corrected chi connectivity index (χ0v) is 18.1. The van der Waals surface area contributed by atoms with E-state index in [9.17, 15) is 8.78 Å². The van der Waals surface area contributed by atoms with Crippen molar-refractivity contribution in [2.45, 2.75) is 6.04 Å². The molecule has 13 heteroatoms. The molecule has 4 rings (SSSR count). The number of nitrogens with one attached hydrogen (secondary N) is 2. The van der Waals surface area contributed by atoms with E-state index in [0.717, 1.165) is 12.3 Å². The van der Waals surface area contributed by atoms with Crippen LogP contribution in [0.25, 0.3) is 0 Å². The van der Waals surface area contributed by atoms with Crippen LogP contribution in [0.5, 0.6) is 0 Å². The number of morpholine rings is 1. The van der Waals surface area contributed by atoms with Crippen molar-refractivity contribution in [3.05, 3.63) is 47.9 Å². The number of nitrogens with zero attached hydrogens (tertiary/aromatic N) is 6. The molecule has 3 aromatic rings. The van der Waals surface area contributed by atoms with Crippen LogP contribution in [0.4, 0.5) is 36.6 Å². The SMILES string of the molecule is COC[C@@H](Nc1nc(Nc2cn(C)cn2)c(F)c(N2CCOCC2)n1)c1ncc(F)cc1F. The quantitative estimate of drug-likeness (QED) is 0.520. The number of hydrogen-bond donors (Lipinski definition) is 2. The minimum atomic E-state index is -0.860. The van der Waals surface area contributed by atoms with Gasteiger partial charge in [-0.3, -0.25) is 4.98 Å². The number of aromatic nitrogens is 5. The van der Waals surface area contributed by atoms with E-state index in [2.05, 4.69) is 30.6 Å². The molecule has 0 amide bonds. The maximum atomic E-state index is 15.4. The zero-order chi connectivity index (χ0) is 23.4. The minimum absolute atomic E-state index is 0.00361. The number of pyridine rings is 1. The molecule has 10 nitrogen and oxygen atoms in total. The van der Waals surface area contributed by atoms with Crippen molar-refractivity contribution in [3.63, 3.8) is 0 Å². The van der Waals surface area contributed by atoms with Gasteiger partial charge in [0, 0.05) is 39.5 Å². The molecular formula is C20H23F3N8O2. The number of hydrogen-bond acceptors (Lipinski definition) is 9. The van der Waals surface area contributed by atoms with E-state index < -0.39 is 23.5 Å². The number of aryl methyl sites for hydroxylation is 1. The van der Waals surface area contributed by atoms with Crippen molar-refractivity contribution in [3.8, 4) is 0 Å². The summed E-state index contributed by atoms with van der Waals surface area (Å²) in [5, 5.41) is 5.78. The maximum absolute atomic E-state index is 15.4. The van der Waals surface area contributed by atoms with Crippen LogP contribution in [0, 0.1) is 17.5 Å². The summed E-state index contributed by atoms with van der Waals surface area (Å²) < 4.78 is 55.3. The molecule has 176 valence electrons. The number of halogens is 3. The average molecular weight is 464 g/mol. The van der Waals surface area contributed by atoms with Gasteiger partial charge in [0.05, 0.1) is 38.4 Å². The molecule has 0 spiro atoms. The molecule has 0 saturated carbocycles. The van der Waals surface area contributed by atoms with Gasteiger partial charge in [0.1, 0.15) is 23.1 Å². The highest BCUT2D eigenvalue weighted by molar-refractivity contribution is 5.61. The van der Waals surface area contributed by atoms with Crippen LogP contribution >= 0.6 is 0 Å². The normalized spacial score (nSPS) is 14.9. The van der Waals surface area contributed by atoms with Gasteiger partial charge in [-0.15, -0.1) is 0 Å². The van der Waals surface area contributed by atoms with Gasteiger partial charge in [0.25, 0.3) is 0 Å². The first-order valence-electron chi connectivity index (χ1n) is 10.2. The average Bonchev–Trinajstić information content (AvgIpc) is 3.21. The van der Waals surface area contributed by atoms with Crippen LogP contribution in [0.15, 0.2) is 24.8 Å². The predicted molar refractivity (Wildman–Crippen MR) is 114 cm³/mol. The second-order valence-electron chi connectivity index (χ2n) is 7.36. The molecular weight excluding hydrogens is 441 g/mol. The summed E-state index contributed by atoms with van der Waals surface area (Å²) in [6.45, 7) is 1.70. The minimum Gasteiger partial charge on any atom is -0.382 e. The predicted octanol–water partition coefficient (Wildman–Crippen LogP) is 2.40. The summed E-state index contributed by atoms with van der Waals surface area (Å²) >= 11 is 0. The van der Waals surface area contributed by atoms with E-state index in [1.807, 2.05) is 0 Å². The molecule has 0 bridgehead atoms. The zero-order valence-electron chi connectivity index (χ0n) is 18.1. The molecule has 4 heterocycles. The van der Waals surface area contributed by atoms with Crippen molar-refractivity contribution in [1.29, 1.82) is 0 Å². The van der Waals surface area contributed by atoms with Crippen LogP contribution < -0.4 is 15.5 Å². The molecule has 3 aromatic heterocycles. The van der Waals surface area contributed by atoms with Crippen LogP contribution in [-0.4, -0.2) is 64.5 Å². The summed E-state index contributed by atoms with van der Waals surface area (Å²) in [6.07, 6.45) is 4.12. The summed E-state index contributed by atoms with van der Waals surface area (Å²) in [7, 11) is 3.20. The summed E-state index contributed by atoms with van der Waals surface area (Å²) in [5.74, 6) is -2.00. The van der Waals surface area contributed by atoms with Crippen molar-refractivity contribution in [1.82, 2.24) is 24.5 Å². The summed E-state index contributed by atoms with van der Waals surface area (Å²) in [4.78, 5) is 18.3. The Bertz CT molecular complexity index is 1110. The molecule has 0 unspecified atom stereocenters. The van der Waals surface area contributed by atoms with Crippen LogP contribution in [-0.2, 0) is 16.5 Å². The van der Waals surface area contributed by atoms with Crippen molar-refractivity contribution in [2.24, 2.45) is 7.05 Å². The highest BCUT2D eigenvalue weighted by Gasteiger charge is 2.25. The second-order valence-corrected chi connectivity index (χ2v) is 7.36. The fraction of sp³-hybridized carbons (Fsp3) is 0.400. The monoisotopic (exact) mass is 464 g/mol. The van der Waals surface area contributed by atoms with Gasteiger partial charge in [0.15, 0.2) is 11.6 Å². The third kappa shape index (κ3) is 5.31. The third-order valence-corrected chi connectivity index (χ3v) is 4.90. The molecule has 1 saturated heterocycles. The lowest BCUT2D eigenvalue weighted by atomic mass is 10.2. The van der Waals surface area contributed by atoms with Gasteiger partial charge in [-0.25, -0.2) is 13.8 Å². The van der Waals surface area contributed by atoms with Gasteiger partial charge >= 0.3 is 0 Å². The topological polar surface area (TPSA) is 102 Å². The lowest BCUT2D eigenvalue weighted by Crippen LogP contribution is -2.37. The van der Waals surface area contributed by atoms with E-state index in [0.29, 0.717) is 32.1 Å². The number of ether oxygens (including phenoxy) is 2. The fourth-order valence-corrected chi connectivity index (χ4v) is 3.36. The molecule has 1 atom stereocenters. The molecule has 0 aromatic carbocycles. The van der Waals surface area contributed by atoms with Gasteiger partial charge in [-0.05, 0) is 0 Å². The van der Waals surface area contributed by atoms with Gasteiger partial charge in [-0.1, -0.05) is 0 Å². The van der Waals surface area contributed by atoms with E-state index in [1.165, 1.54) is 7.11 Å². The Morgan fingerprint density at radius 3 is 2.64 bits per heavy atom. The van der Waals surface area contributed by atoms with Gasteiger partial charge in [-0.2, -0.15) is 14.4 Å². The molecule has 1 aliphatic rings. The molecule has 0 radical (unpaired) electrons. The number of imidazole rings is 1. The Hall–Kier alpha value is -3.45. The highest BCUT2D eigenvalue weighted by atomic mass is 19.1. The van der Waals surface area contributed by atoms with Crippen molar-refractivity contribution < 1.29 is 22.6 Å². The Labute approximate surface area is 187 Å². The maximum Gasteiger partial charge on any atom is 0.227 e. The Morgan fingerprint density at radius 1 is 1.18 bits per heavy atom. The van der Waals surface area contributed by atoms with Gasteiger partial charge < -0.3 is 29.6 Å². The first-order valence-corrected chi connectivity index (χ1v) is 10.2. The first-order chi connectivity index (χ1) is 15.9. The number of rotatable bonds is 8. The van der Waals surface area contributed by atoms with E-state index in [-0.39, 0.29) is 29.9 Å². The number of anilines is 4. The summed E-state index contributed by atoms with van der Waals surface area (Å²) in [6, 6.07) is -0.132. The standard InChI is InChI=1S/C20H23F3N8O2/c1-30-9-15(25-11-30)27-18-16(23)19(31-3-5-33-6-4-31)29-20(28-18)26-14(10-32-2)17-13(22)7-12(21)8-24-17/h7-9,11,14H,3-6,10H2,1-2H3,(H2,26,27,28,29)/t14-/m1/s1. The van der Waals surface area contributed by atoms with E-state index in [1.54, 1.807) is 29.0 Å². The fourth-order valence-electron chi connectivity index (χ4n) is 3.36. The Morgan fingerprint density at radius 2 is 1.97 bits per heavy atom. The van der Waals surface area contributed by atoms with Crippen molar-refractivity contribution in [2.75, 3.05) is 55.6 Å². The van der Waals surface area contributed by atoms with Crippen LogP contribution in [0.1, 0.15) is 11.7 Å². The van der Waals surface area contributed by atoms with E-state index in [4.69, 9.17) is 9.47 Å². The van der Waals surface area contributed by atoms with Crippen LogP contribution in [0.3, 0.4) is 0 Å². The molecule has 0 aliphatic carbocycles. The molecule has 2 N–H and O–H groups in total. The Balaban J connectivity index is 1.71. The lowest BCUT2D eigenvalue weighted by molar-refractivity contribution is 0.122. The molecule has 33 heavy (non-hydrogen) atoms. The van der Waals surface area contributed by atoms with Crippen LogP contribution in [0.2, 0.25) is 0 Å². The first kappa shape index (κ1) is 22.7. The summed E-state index contributed by atoms with van der Waals surface area (Å²) in [5.41, 5.74) is -0.0849. The Kier molecular flexibility index (Phi) is 6.89. The second kappa shape index (κ2) is 10.0. The van der Waals surface area contributed by atoms with Gasteiger partial charge in [0.2, 0.25) is 11.8 Å². The van der Waals surface area contributed by atoms with Crippen molar-refractivity contribution >= 4 is 23.4 Å². The molecule has 1 aliphatic heterocycles. The highest BCUT2D eigenvalue weighted by Crippen LogP contribution is 2.29.